The van der Waals surface area contributed by atoms with Crippen LogP contribution in [0.2, 0.25) is 0 Å². The number of carbonyl (C=O) groups excluding carboxylic acids is 3. The molecule has 6 rings (SSSR count). The molecular formula is C34H36N4O6S2. The molecule has 3 N–H and O–H groups in total. The molecule has 4 aromatic rings. The van der Waals surface area contributed by atoms with Crippen molar-refractivity contribution in [2.24, 2.45) is 0 Å². The molecule has 0 bridgehead atoms. The van der Waals surface area contributed by atoms with Crippen molar-refractivity contribution in [2.45, 2.75) is 78.6 Å². The number of nitrogens with one attached hydrogen (secondary N) is 2. The summed E-state index contributed by atoms with van der Waals surface area (Å²) in [5.41, 5.74) is 3.04. The van der Waals surface area contributed by atoms with Crippen LogP contribution in [0.4, 0.5) is 11.4 Å². The fourth-order valence-electron chi connectivity index (χ4n) is 5.37. The smallest absolute Gasteiger partial charge is 0.322 e. The fraction of sp³-hybridized carbons (Fsp3) is 0.353. The Morgan fingerprint density at radius 2 is 1.22 bits per heavy atom. The number of carboxylic acids is 1. The summed E-state index contributed by atoms with van der Waals surface area (Å²) in [5, 5.41) is 16.8. The van der Waals surface area contributed by atoms with Crippen LogP contribution in [0, 0.1) is 0 Å². The number of pyridine rings is 2. The van der Waals surface area contributed by atoms with Gasteiger partial charge in [-0.3, -0.25) is 29.1 Å². The maximum absolute atomic E-state index is 12.4. The second-order valence-corrected chi connectivity index (χ2v) is 14.2. The van der Waals surface area contributed by atoms with Crippen molar-refractivity contribution in [1.82, 2.24) is 9.97 Å². The number of hydrogen-bond donors (Lipinski definition) is 3. The molecule has 46 heavy (non-hydrogen) atoms. The molecule has 2 fully saturated rings. The van der Waals surface area contributed by atoms with E-state index in [1.54, 1.807) is 30.2 Å². The summed E-state index contributed by atoms with van der Waals surface area (Å²) in [7, 11) is 0. The Morgan fingerprint density at radius 3 is 1.59 bits per heavy atom. The number of amides is 2. The number of aromatic nitrogens is 2. The lowest BCUT2D eigenvalue weighted by Crippen LogP contribution is -2.43. The molecule has 2 saturated carbocycles. The molecule has 2 aliphatic carbocycles. The van der Waals surface area contributed by atoms with E-state index in [0.29, 0.717) is 25.1 Å². The molecule has 2 aromatic heterocycles. The summed E-state index contributed by atoms with van der Waals surface area (Å²) in [6.07, 6.45) is 8.43. The number of benzene rings is 2. The van der Waals surface area contributed by atoms with Crippen LogP contribution in [-0.4, -0.2) is 54.9 Å². The number of aliphatic carboxylic acids is 1. The maximum Gasteiger partial charge on any atom is 0.322 e. The van der Waals surface area contributed by atoms with E-state index in [4.69, 9.17) is 4.74 Å². The number of hydrogen-bond acceptors (Lipinski definition) is 9. The van der Waals surface area contributed by atoms with Gasteiger partial charge in [0.15, 0.2) is 0 Å². The predicted octanol–water partition coefficient (Wildman–Crippen LogP) is 7.06. The average molecular weight is 661 g/mol. The van der Waals surface area contributed by atoms with Crippen LogP contribution in [0.15, 0.2) is 70.7 Å². The third-order valence-electron chi connectivity index (χ3n) is 8.01. The largest absolute Gasteiger partial charge is 0.480 e. The summed E-state index contributed by atoms with van der Waals surface area (Å²) in [4.78, 5) is 57.0. The molecule has 0 radical (unpaired) electrons. The SMILES string of the molecule is CC(=O)Nc1ccc2nccc(SC3(C(=O)O)CCC3)c2c1.CCOC(=O)C1(Sc2ccnc3ccc(NC(C)=O)cc23)CCC1. The topological polar surface area (TPSA) is 148 Å². The molecule has 10 nitrogen and oxygen atoms in total. The first-order valence-corrected chi connectivity index (χ1v) is 16.8. The first-order chi connectivity index (χ1) is 22.0. The van der Waals surface area contributed by atoms with Crippen molar-refractivity contribution in [2.75, 3.05) is 17.2 Å². The zero-order valence-electron chi connectivity index (χ0n) is 25.9. The van der Waals surface area contributed by atoms with E-state index in [9.17, 15) is 24.3 Å². The monoisotopic (exact) mass is 660 g/mol. The highest BCUT2D eigenvalue weighted by molar-refractivity contribution is 8.02. The minimum Gasteiger partial charge on any atom is -0.480 e. The zero-order valence-corrected chi connectivity index (χ0v) is 27.6. The van der Waals surface area contributed by atoms with E-state index >= 15 is 0 Å². The van der Waals surface area contributed by atoms with E-state index in [-0.39, 0.29) is 17.8 Å². The molecule has 2 heterocycles. The molecule has 0 atom stereocenters. The van der Waals surface area contributed by atoms with Crippen molar-refractivity contribution >= 4 is 80.5 Å². The van der Waals surface area contributed by atoms with Gasteiger partial charge in [0.2, 0.25) is 11.8 Å². The lowest BCUT2D eigenvalue weighted by Gasteiger charge is -2.38. The van der Waals surface area contributed by atoms with Crippen molar-refractivity contribution in [3.8, 4) is 0 Å². The molecule has 0 saturated heterocycles. The summed E-state index contributed by atoms with van der Waals surface area (Å²) in [6.45, 7) is 5.16. The second kappa shape index (κ2) is 14.1. The Balaban J connectivity index is 0.000000182. The second-order valence-electron chi connectivity index (χ2n) is 11.4. The Hall–Kier alpha value is -4.16. The van der Waals surface area contributed by atoms with E-state index < -0.39 is 15.5 Å². The summed E-state index contributed by atoms with van der Waals surface area (Å²) >= 11 is 2.95. The first kappa shape index (κ1) is 33.2. The molecule has 0 unspecified atom stereocenters. The first-order valence-electron chi connectivity index (χ1n) is 15.2. The number of fused-ring (bicyclic) bond motifs is 2. The number of nitrogens with zero attached hydrogens (tertiary/aromatic N) is 2. The van der Waals surface area contributed by atoms with Crippen molar-refractivity contribution in [3.63, 3.8) is 0 Å². The van der Waals surface area contributed by atoms with Gasteiger partial charge >= 0.3 is 11.9 Å². The number of rotatable bonds is 9. The molecule has 0 spiro atoms. The van der Waals surface area contributed by atoms with Crippen LogP contribution in [0.3, 0.4) is 0 Å². The lowest BCUT2D eigenvalue weighted by atomic mass is 9.84. The summed E-state index contributed by atoms with van der Waals surface area (Å²) in [5.74, 6) is -1.15. The standard InChI is InChI=1S/C18H20N2O3S.C16H16N2O3S/c1-3-23-17(22)18(8-4-9-18)24-16-7-10-19-15-6-5-13(11-14(15)16)20-12(2)21;1-10(19)18-11-3-4-13-12(9-11)14(5-8-17-13)22-16(15(20)21)6-2-7-16/h5-7,10-11H,3-4,8-9H2,1-2H3,(H,20,21);3-5,8-9H,2,6-7H2,1H3,(H,18,19)(H,20,21). The maximum atomic E-state index is 12.4. The quantitative estimate of drug-likeness (QED) is 0.159. The molecule has 2 aromatic carbocycles. The highest BCUT2D eigenvalue weighted by Crippen LogP contribution is 2.50. The number of esters is 1. The van der Waals surface area contributed by atoms with Gasteiger partial charge in [0.05, 0.1) is 17.6 Å². The summed E-state index contributed by atoms with van der Waals surface area (Å²) in [6, 6.07) is 14.8. The van der Waals surface area contributed by atoms with Crippen LogP contribution >= 0.6 is 23.5 Å². The van der Waals surface area contributed by atoms with Gasteiger partial charge < -0.3 is 20.5 Å². The normalized spacial score (nSPS) is 15.8. The Kier molecular flexibility index (Phi) is 10.2. The average Bonchev–Trinajstić information content (AvgIpc) is 2.96. The Labute approximate surface area is 275 Å². The van der Waals surface area contributed by atoms with Gasteiger partial charge in [-0.25, -0.2) is 0 Å². The molecular weight excluding hydrogens is 625 g/mol. The number of anilines is 2. The fourth-order valence-corrected chi connectivity index (χ4v) is 8.23. The van der Waals surface area contributed by atoms with Crippen LogP contribution < -0.4 is 10.6 Å². The number of ether oxygens (including phenoxy) is 1. The molecule has 2 amide bonds. The highest BCUT2D eigenvalue weighted by atomic mass is 32.2. The zero-order chi connectivity index (χ0) is 32.9. The molecule has 12 heteroatoms. The molecule has 2 aliphatic rings. The van der Waals surface area contributed by atoms with Gasteiger partial charge in [-0.15, -0.1) is 23.5 Å². The highest BCUT2D eigenvalue weighted by Gasteiger charge is 2.47. The third kappa shape index (κ3) is 7.28. The molecule has 0 aliphatic heterocycles. The van der Waals surface area contributed by atoms with Gasteiger partial charge in [-0.2, -0.15) is 0 Å². The Bertz CT molecular complexity index is 1810. The van der Waals surface area contributed by atoms with Gasteiger partial charge in [-0.05, 0) is 94.0 Å². The predicted molar refractivity (Wildman–Crippen MR) is 181 cm³/mol. The van der Waals surface area contributed by atoms with Crippen LogP contribution in [0.5, 0.6) is 0 Å². The lowest BCUT2D eigenvalue weighted by molar-refractivity contribution is -0.148. The Morgan fingerprint density at radius 1 is 0.761 bits per heavy atom. The van der Waals surface area contributed by atoms with Gasteiger partial charge in [0.25, 0.3) is 0 Å². The van der Waals surface area contributed by atoms with E-state index in [1.807, 2.05) is 49.4 Å². The van der Waals surface area contributed by atoms with E-state index in [2.05, 4.69) is 20.6 Å². The third-order valence-corrected chi connectivity index (χ3v) is 11.1. The molecule has 240 valence electrons. The van der Waals surface area contributed by atoms with Crippen LogP contribution in [-0.2, 0) is 23.9 Å². The van der Waals surface area contributed by atoms with E-state index in [1.165, 1.54) is 25.6 Å². The van der Waals surface area contributed by atoms with E-state index in [0.717, 1.165) is 63.0 Å². The number of carboxylic acid groups (broad SMARTS) is 1. The summed E-state index contributed by atoms with van der Waals surface area (Å²) < 4.78 is 4.06. The van der Waals surface area contributed by atoms with Crippen LogP contribution in [0.1, 0.15) is 59.3 Å². The number of carbonyl (C=O) groups is 4. The van der Waals surface area contributed by atoms with Crippen molar-refractivity contribution < 1.29 is 29.0 Å². The van der Waals surface area contributed by atoms with Gasteiger partial charge in [-0.1, -0.05) is 0 Å². The number of thioether (sulfide) groups is 2. The van der Waals surface area contributed by atoms with Crippen molar-refractivity contribution in [1.29, 1.82) is 0 Å². The minimum absolute atomic E-state index is 0.116. The minimum atomic E-state index is -0.758. The van der Waals surface area contributed by atoms with Crippen LogP contribution in [0.25, 0.3) is 21.8 Å². The van der Waals surface area contributed by atoms with Gasteiger partial charge in [0, 0.05) is 58.2 Å². The van der Waals surface area contributed by atoms with Crippen molar-refractivity contribution in [3.05, 3.63) is 60.9 Å². The van der Waals surface area contributed by atoms with Gasteiger partial charge in [0.1, 0.15) is 9.49 Å².